The highest BCUT2D eigenvalue weighted by Crippen LogP contribution is 1.95. The van der Waals surface area contributed by atoms with E-state index >= 15 is 0 Å². The summed E-state index contributed by atoms with van der Waals surface area (Å²) in [5, 5.41) is 6.11. The molecule has 0 fully saturated rings. The average molecular weight is 157 g/mol. The Hall–Kier alpha value is -0.700. The summed E-state index contributed by atoms with van der Waals surface area (Å²) in [6, 6.07) is 0. The Morgan fingerprint density at radius 2 is 2.09 bits per heavy atom. The first-order chi connectivity index (χ1) is 5.22. The second-order valence-corrected chi connectivity index (χ2v) is 2.60. The molecule has 0 aliphatic rings. The van der Waals surface area contributed by atoms with Crippen molar-refractivity contribution in [2.75, 3.05) is 34.2 Å². The maximum absolute atomic E-state index is 3.11. The summed E-state index contributed by atoms with van der Waals surface area (Å²) in [6.45, 7) is 4.15. The van der Waals surface area contributed by atoms with Crippen molar-refractivity contribution in [2.45, 2.75) is 6.92 Å². The van der Waals surface area contributed by atoms with Gasteiger partial charge in [-0.25, -0.2) is 0 Å². The van der Waals surface area contributed by atoms with Gasteiger partial charge in [0.15, 0.2) is 0 Å². The van der Waals surface area contributed by atoms with Crippen LogP contribution in [0.1, 0.15) is 6.92 Å². The van der Waals surface area contributed by atoms with Crippen molar-refractivity contribution in [1.29, 1.82) is 0 Å². The highest BCUT2D eigenvalue weighted by molar-refractivity contribution is 4.93. The van der Waals surface area contributed by atoms with E-state index in [1.54, 1.807) is 0 Å². The number of likely N-dealkylation sites (N-methyl/N-ethyl adjacent to an activating group) is 2. The predicted molar refractivity (Wildman–Crippen MR) is 49.4 cm³/mol. The lowest BCUT2D eigenvalue weighted by Crippen LogP contribution is -2.26. The van der Waals surface area contributed by atoms with Crippen LogP contribution >= 0.6 is 0 Å². The molecule has 0 amide bonds. The van der Waals surface area contributed by atoms with Gasteiger partial charge in [-0.3, -0.25) is 0 Å². The van der Waals surface area contributed by atoms with Crippen LogP contribution in [0.25, 0.3) is 0 Å². The number of nitrogens with one attached hydrogen (secondary N) is 2. The maximum atomic E-state index is 3.11. The molecule has 0 radical (unpaired) electrons. The van der Waals surface area contributed by atoms with Gasteiger partial charge in [-0.05, 0) is 14.0 Å². The molecule has 3 nitrogen and oxygen atoms in total. The first kappa shape index (κ1) is 10.3. The van der Waals surface area contributed by atoms with Gasteiger partial charge >= 0.3 is 0 Å². The van der Waals surface area contributed by atoms with Gasteiger partial charge in [0, 0.05) is 39.1 Å². The smallest absolute Gasteiger partial charge is 0.0297 e. The fourth-order valence-electron chi connectivity index (χ4n) is 0.775. The molecule has 0 aliphatic heterocycles. The molecule has 0 heterocycles. The van der Waals surface area contributed by atoms with Gasteiger partial charge in [0.05, 0.1) is 0 Å². The molecule has 11 heavy (non-hydrogen) atoms. The third kappa shape index (κ3) is 4.67. The fourth-order valence-corrected chi connectivity index (χ4v) is 0.775. The number of rotatable bonds is 5. The molecule has 2 N–H and O–H groups in total. The van der Waals surface area contributed by atoms with Crippen molar-refractivity contribution in [1.82, 2.24) is 15.5 Å². The van der Waals surface area contributed by atoms with Gasteiger partial charge in [0.1, 0.15) is 0 Å². The van der Waals surface area contributed by atoms with E-state index in [-0.39, 0.29) is 0 Å². The van der Waals surface area contributed by atoms with Crippen LogP contribution in [0.2, 0.25) is 0 Å². The van der Waals surface area contributed by atoms with Crippen LogP contribution in [0.4, 0.5) is 0 Å². The summed E-state index contributed by atoms with van der Waals surface area (Å²) < 4.78 is 0. The zero-order chi connectivity index (χ0) is 8.69. The summed E-state index contributed by atoms with van der Waals surface area (Å²) in [5.74, 6) is 0. The fraction of sp³-hybridized carbons (Fsp3) is 0.750. The molecule has 66 valence electrons. The third-order valence-corrected chi connectivity index (χ3v) is 1.65. The molecular weight excluding hydrogens is 138 g/mol. The highest BCUT2D eigenvalue weighted by Gasteiger charge is 1.95. The molecule has 0 saturated heterocycles. The topological polar surface area (TPSA) is 27.3 Å². The van der Waals surface area contributed by atoms with E-state index in [0.29, 0.717) is 0 Å². The van der Waals surface area contributed by atoms with Crippen molar-refractivity contribution in [3.63, 3.8) is 0 Å². The minimum absolute atomic E-state index is 1.02. The average Bonchev–Trinajstić information content (AvgIpc) is 2.00. The Labute approximate surface area is 69.5 Å². The lowest BCUT2D eigenvalue weighted by atomic mass is 10.4. The van der Waals surface area contributed by atoms with Gasteiger partial charge in [-0.2, -0.15) is 0 Å². The van der Waals surface area contributed by atoms with Crippen molar-refractivity contribution in [2.24, 2.45) is 0 Å². The number of hydrogen-bond donors (Lipinski definition) is 2. The minimum Gasteiger partial charge on any atom is -0.393 e. The lowest BCUT2D eigenvalue weighted by molar-refractivity contribution is 0.413. The third-order valence-electron chi connectivity index (χ3n) is 1.65. The van der Waals surface area contributed by atoms with E-state index in [9.17, 15) is 0 Å². The van der Waals surface area contributed by atoms with Gasteiger partial charge in [0.2, 0.25) is 0 Å². The van der Waals surface area contributed by atoms with Gasteiger partial charge in [-0.1, -0.05) is 0 Å². The van der Waals surface area contributed by atoms with Crippen molar-refractivity contribution >= 4 is 0 Å². The summed E-state index contributed by atoms with van der Waals surface area (Å²) in [4.78, 5) is 2.20. The van der Waals surface area contributed by atoms with Crippen LogP contribution in [0.5, 0.6) is 0 Å². The van der Waals surface area contributed by atoms with Gasteiger partial charge in [0.25, 0.3) is 0 Å². The quantitative estimate of drug-likeness (QED) is 0.598. The van der Waals surface area contributed by atoms with Gasteiger partial charge in [-0.15, -0.1) is 0 Å². The first-order valence-electron chi connectivity index (χ1n) is 3.92. The van der Waals surface area contributed by atoms with Crippen LogP contribution in [0, 0.1) is 0 Å². The second-order valence-electron chi connectivity index (χ2n) is 2.60. The van der Waals surface area contributed by atoms with E-state index in [4.69, 9.17) is 0 Å². The monoisotopic (exact) mass is 157 g/mol. The Morgan fingerprint density at radius 3 is 2.55 bits per heavy atom. The zero-order valence-corrected chi connectivity index (χ0v) is 7.94. The zero-order valence-electron chi connectivity index (χ0n) is 7.94. The molecule has 0 bridgehead atoms. The minimum atomic E-state index is 1.02. The van der Waals surface area contributed by atoms with E-state index in [0.717, 1.165) is 13.1 Å². The Kier molecular flexibility index (Phi) is 5.65. The molecule has 0 aromatic heterocycles. The standard InChI is InChI=1S/C8H19N3/c1-8(7-10-3)11(4)6-5-9-2/h7,9-10H,5-6H2,1-4H3/b8-7-. The number of hydrogen-bond acceptors (Lipinski definition) is 3. The Bertz CT molecular complexity index is 121. The lowest BCUT2D eigenvalue weighted by Gasteiger charge is -2.19. The summed E-state index contributed by atoms with van der Waals surface area (Å²) in [5.41, 5.74) is 1.25. The first-order valence-corrected chi connectivity index (χ1v) is 3.92. The van der Waals surface area contributed by atoms with Crippen LogP contribution in [0.3, 0.4) is 0 Å². The van der Waals surface area contributed by atoms with E-state index in [2.05, 4.69) is 29.5 Å². The molecule has 0 atom stereocenters. The molecule has 0 aromatic carbocycles. The van der Waals surface area contributed by atoms with Crippen molar-refractivity contribution in [3.05, 3.63) is 11.9 Å². The van der Waals surface area contributed by atoms with E-state index in [1.165, 1.54) is 5.70 Å². The molecule has 0 aromatic rings. The van der Waals surface area contributed by atoms with Crippen LogP contribution in [0.15, 0.2) is 11.9 Å². The van der Waals surface area contributed by atoms with E-state index < -0.39 is 0 Å². The summed E-state index contributed by atoms with van der Waals surface area (Å²) in [6.07, 6.45) is 2.00. The molecule has 0 saturated carbocycles. The van der Waals surface area contributed by atoms with Crippen LogP contribution in [-0.4, -0.2) is 39.1 Å². The largest absolute Gasteiger partial charge is 0.393 e. The SMILES string of the molecule is CN/C=C(/C)N(C)CCNC. The van der Waals surface area contributed by atoms with Crippen molar-refractivity contribution < 1.29 is 0 Å². The molecule has 0 spiro atoms. The molecule has 0 aliphatic carbocycles. The Balaban J connectivity index is 3.63. The Morgan fingerprint density at radius 1 is 1.45 bits per heavy atom. The molecule has 0 unspecified atom stereocenters. The summed E-state index contributed by atoms with van der Waals surface area (Å²) >= 11 is 0. The molecular formula is C8H19N3. The normalized spacial score (nSPS) is 11.5. The molecule has 0 rings (SSSR count). The van der Waals surface area contributed by atoms with Crippen LogP contribution < -0.4 is 10.6 Å². The highest BCUT2D eigenvalue weighted by atomic mass is 15.1. The summed E-state index contributed by atoms with van der Waals surface area (Å²) in [7, 11) is 5.96. The second kappa shape index (κ2) is 6.04. The number of allylic oxidation sites excluding steroid dienone is 1. The van der Waals surface area contributed by atoms with E-state index in [1.807, 2.05) is 20.3 Å². The predicted octanol–water partition coefficient (Wildman–Crippen LogP) is 0.218. The molecule has 3 heteroatoms. The maximum Gasteiger partial charge on any atom is 0.0297 e. The van der Waals surface area contributed by atoms with Crippen molar-refractivity contribution in [3.8, 4) is 0 Å². The number of nitrogens with zero attached hydrogens (tertiary/aromatic N) is 1. The van der Waals surface area contributed by atoms with Gasteiger partial charge < -0.3 is 15.5 Å². The van der Waals surface area contributed by atoms with Crippen LogP contribution in [-0.2, 0) is 0 Å².